The third-order valence-electron chi connectivity index (χ3n) is 2.88. The number of nitrogens with zero attached hydrogens (tertiary/aromatic N) is 1. The molecule has 19 heavy (non-hydrogen) atoms. The number of benzene rings is 1. The fourth-order valence-electron chi connectivity index (χ4n) is 1.82. The molecule has 1 aliphatic rings. The maximum atomic E-state index is 13.1. The first-order valence-corrected chi connectivity index (χ1v) is 7.17. The number of nitrogens with one attached hydrogen (secondary N) is 1. The molecule has 1 fully saturated rings. The highest BCUT2D eigenvalue weighted by Crippen LogP contribution is 2.20. The third-order valence-corrected chi connectivity index (χ3v) is 4.77. The molecule has 3 N–H and O–H groups in total. The van der Waals surface area contributed by atoms with Crippen LogP contribution in [0.25, 0.3) is 0 Å². The zero-order valence-corrected chi connectivity index (χ0v) is 10.9. The van der Waals surface area contributed by atoms with Gasteiger partial charge >= 0.3 is 0 Å². The van der Waals surface area contributed by atoms with Crippen LogP contribution in [0.5, 0.6) is 0 Å². The van der Waals surface area contributed by atoms with Crippen LogP contribution in [0.15, 0.2) is 23.1 Å². The van der Waals surface area contributed by atoms with Crippen molar-refractivity contribution in [2.45, 2.75) is 11.3 Å². The van der Waals surface area contributed by atoms with Crippen LogP contribution in [0.1, 0.15) is 6.42 Å². The number of rotatable bonds is 2. The number of carbonyl (C=O) groups excluding carboxylic acids is 1. The zero-order chi connectivity index (χ0) is 14.0. The molecule has 0 bridgehead atoms. The molecule has 104 valence electrons. The van der Waals surface area contributed by atoms with Gasteiger partial charge in [-0.15, -0.1) is 0 Å². The molecule has 1 saturated heterocycles. The lowest BCUT2D eigenvalue weighted by molar-refractivity contribution is -0.120. The number of hydrogen-bond donors (Lipinski definition) is 2. The number of halogens is 1. The van der Waals surface area contributed by atoms with Gasteiger partial charge < -0.3 is 11.1 Å². The van der Waals surface area contributed by atoms with E-state index in [4.69, 9.17) is 5.73 Å². The van der Waals surface area contributed by atoms with Gasteiger partial charge in [0.1, 0.15) is 5.82 Å². The number of nitrogens with two attached hydrogens (primary N) is 1. The molecule has 0 aromatic heterocycles. The van der Waals surface area contributed by atoms with Crippen molar-refractivity contribution in [3.05, 3.63) is 24.0 Å². The molecule has 1 aromatic carbocycles. The maximum Gasteiger partial charge on any atom is 0.243 e. The Balaban J connectivity index is 2.30. The predicted molar refractivity (Wildman–Crippen MR) is 67.2 cm³/mol. The van der Waals surface area contributed by atoms with Gasteiger partial charge in [0, 0.05) is 26.1 Å². The molecular weight excluding hydrogens is 273 g/mol. The standard InChI is InChI=1S/C11H14FN3O3S/c12-9-2-1-8(7-10(9)13)19(17,18)15-5-3-11(16)14-4-6-15/h1-2,7H,3-6,13H2,(H,14,16). The number of anilines is 1. The van der Waals surface area contributed by atoms with E-state index in [2.05, 4.69) is 5.32 Å². The van der Waals surface area contributed by atoms with Crippen LogP contribution in [0, 0.1) is 5.82 Å². The molecule has 0 atom stereocenters. The summed E-state index contributed by atoms with van der Waals surface area (Å²) in [6.07, 6.45) is 0.107. The smallest absolute Gasteiger partial charge is 0.243 e. The van der Waals surface area contributed by atoms with Crippen molar-refractivity contribution < 1.29 is 17.6 Å². The number of carbonyl (C=O) groups is 1. The first kappa shape index (κ1) is 13.8. The number of nitrogen functional groups attached to an aromatic ring is 1. The largest absolute Gasteiger partial charge is 0.396 e. The van der Waals surface area contributed by atoms with Crippen LogP contribution in [-0.2, 0) is 14.8 Å². The van der Waals surface area contributed by atoms with E-state index in [1.54, 1.807) is 0 Å². The van der Waals surface area contributed by atoms with Crippen molar-refractivity contribution in [3.8, 4) is 0 Å². The molecule has 1 aromatic rings. The Morgan fingerprint density at radius 3 is 2.74 bits per heavy atom. The van der Waals surface area contributed by atoms with E-state index in [0.29, 0.717) is 0 Å². The first-order chi connectivity index (χ1) is 8.91. The number of hydrogen-bond acceptors (Lipinski definition) is 4. The lowest BCUT2D eigenvalue weighted by Crippen LogP contribution is -2.34. The Morgan fingerprint density at radius 2 is 2.05 bits per heavy atom. The minimum atomic E-state index is -3.75. The first-order valence-electron chi connectivity index (χ1n) is 5.73. The van der Waals surface area contributed by atoms with Crippen molar-refractivity contribution in [2.24, 2.45) is 0 Å². The fraction of sp³-hybridized carbons (Fsp3) is 0.364. The van der Waals surface area contributed by atoms with E-state index < -0.39 is 15.8 Å². The average molecular weight is 287 g/mol. The van der Waals surface area contributed by atoms with E-state index in [-0.39, 0.29) is 42.5 Å². The van der Waals surface area contributed by atoms with Gasteiger partial charge in [-0.1, -0.05) is 0 Å². The highest BCUT2D eigenvalue weighted by Gasteiger charge is 2.27. The van der Waals surface area contributed by atoms with E-state index in [1.807, 2.05) is 0 Å². The lowest BCUT2D eigenvalue weighted by atomic mass is 10.3. The van der Waals surface area contributed by atoms with Crippen molar-refractivity contribution in [2.75, 3.05) is 25.4 Å². The second-order valence-corrected chi connectivity index (χ2v) is 6.13. The summed E-state index contributed by atoms with van der Waals surface area (Å²) in [7, 11) is -3.75. The van der Waals surface area contributed by atoms with Crippen LogP contribution in [0.3, 0.4) is 0 Å². The normalized spacial score (nSPS) is 17.8. The maximum absolute atomic E-state index is 13.1. The predicted octanol–water partition coefficient (Wildman–Crippen LogP) is -0.0815. The van der Waals surface area contributed by atoms with Crippen LogP contribution >= 0.6 is 0 Å². The quantitative estimate of drug-likeness (QED) is 0.744. The van der Waals surface area contributed by atoms with E-state index in [0.717, 1.165) is 12.1 Å². The molecule has 1 aliphatic heterocycles. The van der Waals surface area contributed by atoms with Gasteiger partial charge in [-0.2, -0.15) is 4.31 Å². The lowest BCUT2D eigenvalue weighted by Gasteiger charge is -2.19. The summed E-state index contributed by atoms with van der Waals surface area (Å²) in [4.78, 5) is 11.1. The van der Waals surface area contributed by atoms with Gasteiger partial charge in [-0.05, 0) is 18.2 Å². The van der Waals surface area contributed by atoms with Crippen LogP contribution < -0.4 is 11.1 Å². The third kappa shape index (κ3) is 2.85. The molecule has 8 heteroatoms. The van der Waals surface area contributed by atoms with Gasteiger partial charge in [0.05, 0.1) is 10.6 Å². The molecule has 0 spiro atoms. The van der Waals surface area contributed by atoms with E-state index in [1.165, 1.54) is 10.4 Å². The second-order valence-electron chi connectivity index (χ2n) is 4.19. The SMILES string of the molecule is Nc1cc(S(=O)(=O)N2CCNC(=O)CC2)ccc1F. The van der Waals surface area contributed by atoms with Gasteiger partial charge in [-0.25, -0.2) is 12.8 Å². The molecule has 1 amide bonds. The highest BCUT2D eigenvalue weighted by molar-refractivity contribution is 7.89. The van der Waals surface area contributed by atoms with Gasteiger partial charge in [0.25, 0.3) is 0 Å². The Labute approximate surface area is 110 Å². The molecule has 1 heterocycles. The summed E-state index contributed by atoms with van der Waals surface area (Å²) in [5.74, 6) is -0.844. The minimum absolute atomic E-state index is 0.0688. The topological polar surface area (TPSA) is 92.5 Å². The van der Waals surface area contributed by atoms with Gasteiger partial charge in [-0.3, -0.25) is 4.79 Å². The van der Waals surface area contributed by atoms with Crippen LogP contribution in [0.2, 0.25) is 0 Å². The second kappa shape index (κ2) is 5.14. The minimum Gasteiger partial charge on any atom is -0.396 e. The van der Waals surface area contributed by atoms with Gasteiger partial charge in [0.2, 0.25) is 15.9 Å². The molecule has 2 rings (SSSR count). The summed E-state index contributed by atoms with van der Waals surface area (Å²) in [5.41, 5.74) is 5.16. The Morgan fingerprint density at radius 1 is 1.32 bits per heavy atom. The Bertz CT molecular complexity index is 603. The molecule has 6 nitrogen and oxygen atoms in total. The molecule has 0 saturated carbocycles. The van der Waals surface area contributed by atoms with Crippen LogP contribution in [0.4, 0.5) is 10.1 Å². The fourth-order valence-corrected chi connectivity index (χ4v) is 3.30. The summed E-state index contributed by atoms with van der Waals surface area (Å²) in [6, 6.07) is 3.27. The van der Waals surface area contributed by atoms with Crippen molar-refractivity contribution in [1.82, 2.24) is 9.62 Å². The monoisotopic (exact) mass is 287 g/mol. The molecule has 0 aliphatic carbocycles. The van der Waals surface area contributed by atoms with Crippen molar-refractivity contribution in [1.29, 1.82) is 0 Å². The van der Waals surface area contributed by atoms with Crippen LogP contribution in [-0.4, -0.2) is 38.3 Å². The summed E-state index contributed by atoms with van der Waals surface area (Å²) in [6.45, 7) is 0.547. The summed E-state index contributed by atoms with van der Waals surface area (Å²) >= 11 is 0. The zero-order valence-electron chi connectivity index (χ0n) is 10.1. The number of sulfonamides is 1. The van der Waals surface area contributed by atoms with E-state index >= 15 is 0 Å². The van der Waals surface area contributed by atoms with Crippen molar-refractivity contribution in [3.63, 3.8) is 0 Å². The van der Waals surface area contributed by atoms with E-state index in [9.17, 15) is 17.6 Å². The number of amides is 1. The van der Waals surface area contributed by atoms with Crippen molar-refractivity contribution >= 4 is 21.6 Å². The van der Waals surface area contributed by atoms with Gasteiger partial charge in [0.15, 0.2) is 0 Å². The molecule has 0 radical (unpaired) electrons. The summed E-state index contributed by atoms with van der Waals surface area (Å²) < 4.78 is 38.9. The Hall–Kier alpha value is -1.67. The average Bonchev–Trinajstić information content (AvgIpc) is 2.57. The highest BCUT2D eigenvalue weighted by atomic mass is 32.2. The molecular formula is C11H14FN3O3S. The Kier molecular flexibility index (Phi) is 3.72. The molecule has 0 unspecified atom stereocenters. The summed E-state index contributed by atoms with van der Waals surface area (Å²) in [5, 5.41) is 2.59.